The third-order valence-electron chi connectivity index (χ3n) is 2.43. The molecule has 0 radical (unpaired) electrons. The van der Waals surface area contributed by atoms with E-state index in [4.69, 9.17) is 10.00 Å². The predicted octanol–water partition coefficient (Wildman–Crippen LogP) is 2.37. The average molecular weight is 306 g/mol. The molecule has 112 valence electrons. The van der Waals surface area contributed by atoms with Crippen molar-refractivity contribution in [1.29, 1.82) is 5.26 Å². The number of hydrogen-bond acceptors (Lipinski definition) is 4. The topological polar surface area (TPSA) is 79.5 Å². The minimum absolute atomic E-state index is 0.0257. The van der Waals surface area contributed by atoms with Gasteiger partial charge in [0.1, 0.15) is 11.0 Å². The Hall–Kier alpha value is -2.00. The maximum atomic E-state index is 12.2. The number of benzene rings is 1. The van der Waals surface area contributed by atoms with Gasteiger partial charge in [-0.1, -0.05) is 12.1 Å². The highest BCUT2D eigenvalue weighted by molar-refractivity contribution is 7.85. The highest BCUT2D eigenvalue weighted by Crippen LogP contribution is 2.15. The van der Waals surface area contributed by atoms with E-state index >= 15 is 0 Å². The molecule has 0 aliphatic carbocycles. The Bertz CT molecular complexity index is 625. The van der Waals surface area contributed by atoms with Gasteiger partial charge in [-0.2, -0.15) is 9.66 Å². The van der Waals surface area contributed by atoms with E-state index in [-0.39, 0.29) is 12.3 Å². The summed E-state index contributed by atoms with van der Waals surface area (Å²) in [5, 5.41) is 8.93. The van der Waals surface area contributed by atoms with Crippen LogP contribution in [-0.4, -0.2) is 27.2 Å². The van der Waals surface area contributed by atoms with Crippen molar-refractivity contribution in [2.24, 2.45) is 4.40 Å². The van der Waals surface area contributed by atoms with Crippen molar-refractivity contribution in [3.8, 4) is 6.07 Å². The first-order valence-corrected chi connectivity index (χ1v) is 7.58. The lowest BCUT2D eigenvalue weighted by molar-refractivity contribution is -0.134. The van der Waals surface area contributed by atoms with Crippen LogP contribution in [0, 0.1) is 11.3 Å². The fourth-order valence-electron chi connectivity index (χ4n) is 1.36. The summed E-state index contributed by atoms with van der Waals surface area (Å²) in [6.07, 6.45) is 0. The van der Waals surface area contributed by atoms with E-state index < -0.39 is 21.7 Å². The minimum Gasteiger partial charge on any atom is -0.461 e. The summed E-state index contributed by atoms with van der Waals surface area (Å²) < 4.78 is 20.5. The highest BCUT2D eigenvalue weighted by Gasteiger charge is 2.23. The Morgan fingerprint density at radius 3 is 2.62 bits per heavy atom. The molecular formula is C15H18N2O3S. The second-order valence-corrected chi connectivity index (χ2v) is 7.12. The third kappa shape index (κ3) is 4.80. The van der Waals surface area contributed by atoms with Gasteiger partial charge < -0.3 is 4.74 Å². The number of nitriles is 1. The van der Waals surface area contributed by atoms with Crippen LogP contribution in [0.3, 0.4) is 0 Å². The normalized spacial score (nSPS) is 13.4. The molecule has 5 nitrogen and oxygen atoms in total. The molecule has 1 unspecified atom stereocenters. The number of carbonyl (C=O) groups excluding carboxylic acids is 1. The molecule has 1 aromatic rings. The van der Waals surface area contributed by atoms with E-state index in [0.717, 1.165) is 0 Å². The standard InChI is InChI=1S/C15H18N2O3S/c1-5-20-14(18)13(17-21(19)15(2,3)4)12-8-6-7-11(9-12)10-16/h6-9H,5H2,1-4H3. The van der Waals surface area contributed by atoms with Crippen molar-refractivity contribution in [3.63, 3.8) is 0 Å². The number of esters is 1. The monoisotopic (exact) mass is 306 g/mol. The number of ether oxygens (including phenoxy) is 1. The van der Waals surface area contributed by atoms with Crippen LogP contribution in [0.1, 0.15) is 38.8 Å². The van der Waals surface area contributed by atoms with Gasteiger partial charge in [0.15, 0.2) is 5.71 Å². The zero-order valence-corrected chi connectivity index (χ0v) is 13.4. The molecule has 0 aliphatic heterocycles. The van der Waals surface area contributed by atoms with Crippen LogP contribution in [-0.2, 0) is 20.5 Å². The zero-order valence-electron chi connectivity index (χ0n) is 12.5. The van der Waals surface area contributed by atoms with Crippen molar-refractivity contribution >= 4 is 22.7 Å². The molecule has 0 spiro atoms. The van der Waals surface area contributed by atoms with Gasteiger partial charge in [0.05, 0.1) is 23.0 Å². The van der Waals surface area contributed by atoms with E-state index in [1.54, 1.807) is 45.9 Å². The Morgan fingerprint density at radius 2 is 2.10 bits per heavy atom. The minimum atomic E-state index is -1.60. The average Bonchev–Trinajstić information content (AvgIpc) is 2.43. The largest absolute Gasteiger partial charge is 0.461 e. The highest BCUT2D eigenvalue weighted by atomic mass is 32.2. The van der Waals surface area contributed by atoms with Gasteiger partial charge in [-0.05, 0) is 39.8 Å². The van der Waals surface area contributed by atoms with Crippen LogP contribution in [0.5, 0.6) is 0 Å². The molecule has 0 heterocycles. The fraction of sp³-hybridized carbons (Fsp3) is 0.400. The lowest BCUT2D eigenvalue weighted by Crippen LogP contribution is -2.25. The number of rotatable bonds is 4. The Kier molecular flexibility index (Phi) is 5.79. The van der Waals surface area contributed by atoms with Gasteiger partial charge in [0.25, 0.3) is 0 Å². The summed E-state index contributed by atoms with van der Waals surface area (Å²) in [5.74, 6) is -0.648. The first-order chi connectivity index (χ1) is 9.79. The molecule has 21 heavy (non-hydrogen) atoms. The van der Waals surface area contributed by atoms with Gasteiger partial charge in [-0.25, -0.2) is 9.00 Å². The van der Waals surface area contributed by atoms with Crippen LogP contribution >= 0.6 is 0 Å². The van der Waals surface area contributed by atoms with Crippen LogP contribution < -0.4 is 0 Å². The Morgan fingerprint density at radius 1 is 1.43 bits per heavy atom. The molecule has 0 aliphatic rings. The van der Waals surface area contributed by atoms with Gasteiger partial charge in [-0.15, -0.1) is 0 Å². The van der Waals surface area contributed by atoms with E-state index in [9.17, 15) is 9.00 Å². The van der Waals surface area contributed by atoms with E-state index in [1.807, 2.05) is 6.07 Å². The van der Waals surface area contributed by atoms with Crippen molar-refractivity contribution in [3.05, 3.63) is 35.4 Å². The molecule has 0 amide bonds. The first-order valence-electron chi connectivity index (χ1n) is 6.48. The molecule has 0 fully saturated rings. The summed E-state index contributed by atoms with van der Waals surface area (Å²) in [6.45, 7) is 7.17. The van der Waals surface area contributed by atoms with Crippen molar-refractivity contribution in [2.75, 3.05) is 6.61 Å². The molecule has 1 rings (SSSR count). The van der Waals surface area contributed by atoms with Crippen LogP contribution in [0.25, 0.3) is 0 Å². The maximum Gasteiger partial charge on any atom is 0.358 e. The fourth-order valence-corrected chi connectivity index (χ4v) is 1.98. The summed E-state index contributed by atoms with van der Waals surface area (Å²) in [7, 11) is -1.60. The lowest BCUT2D eigenvalue weighted by Gasteiger charge is -2.15. The smallest absolute Gasteiger partial charge is 0.358 e. The Balaban J connectivity index is 3.32. The van der Waals surface area contributed by atoms with Crippen molar-refractivity contribution in [1.82, 2.24) is 0 Å². The summed E-state index contributed by atoms with van der Waals surface area (Å²) >= 11 is 0. The molecule has 0 aromatic heterocycles. The summed E-state index contributed by atoms with van der Waals surface area (Å²) in [4.78, 5) is 12.0. The van der Waals surface area contributed by atoms with E-state index in [1.165, 1.54) is 6.07 Å². The molecule has 1 atom stereocenters. The van der Waals surface area contributed by atoms with Crippen LogP contribution in [0.4, 0.5) is 0 Å². The summed E-state index contributed by atoms with van der Waals surface area (Å²) in [5.41, 5.74) is 0.790. The molecule has 0 saturated heterocycles. The third-order valence-corrected chi connectivity index (χ3v) is 3.83. The molecule has 0 saturated carbocycles. The van der Waals surface area contributed by atoms with Gasteiger partial charge >= 0.3 is 5.97 Å². The SMILES string of the molecule is CCOC(=O)C(=NS(=O)C(C)(C)C)c1cccc(C#N)c1. The molecule has 1 aromatic carbocycles. The van der Waals surface area contributed by atoms with Crippen molar-refractivity contribution < 1.29 is 13.7 Å². The number of nitrogens with zero attached hydrogens (tertiary/aromatic N) is 2. The van der Waals surface area contributed by atoms with E-state index in [0.29, 0.717) is 11.1 Å². The number of carbonyl (C=O) groups is 1. The summed E-state index contributed by atoms with van der Waals surface area (Å²) in [6, 6.07) is 8.41. The lowest BCUT2D eigenvalue weighted by atomic mass is 10.1. The second-order valence-electron chi connectivity index (χ2n) is 5.21. The van der Waals surface area contributed by atoms with Crippen molar-refractivity contribution in [2.45, 2.75) is 32.4 Å². The van der Waals surface area contributed by atoms with Crippen LogP contribution in [0.15, 0.2) is 28.7 Å². The quantitative estimate of drug-likeness (QED) is 0.632. The first kappa shape index (κ1) is 17.1. The molecule has 0 bridgehead atoms. The van der Waals surface area contributed by atoms with Gasteiger partial charge in [0, 0.05) is 5.56 Å². The Labute approximate surface area is 127 Å². The maximum absolute atomic E-state index is 12.2. The molecule has 6 heteroatoms. The second kappa shape index (κ2) is 7.14. The van der Waals surface area contributed by atoms with Gasteiger partial charge in [0.2, 0.25) is 0 Å². The predicted molar refractivity (Wildman–Crippen MR) is 82.2 cm³/mol. The molecular weight excluding hydrogens is 288 g/mol. The molecule has 0 N–H and O–H groups in total. The number of hydrogen-bond donors (Lipinski definition) is 0. The zero-order chi connectivity index (χ0) is 16.0. The van der Waals surface area contributed by atoms with E-state index in [2.05, 4.69) is 4.40 Å². The van der Waals surface area contributed by atoms with Crippen LogP contribution in [0.2, 0.25) is 0 Å². The van der Waals surface area contributed by atoms with Gasteiger partial charge in [-0.3, -0.25) is 0 Å².